The first-order valence-electron chi connectivity index (χ1n) is 10.1. The Balaban J connectivity index is 1.46. The SMILES string of the molecule is Cc1ccc(C23C[C@@H]4C[C@H](CC(C(=O)Nc5ccc(Br)cc5)(C4)C2)C3)cc1. The van der Waals surface area contributed by atoms with Gasteiger partial charge in [-0.3, -0.25) is 4.79 Å². The van der Waals surface area contributed by atoms with Crippen LogP contribution in [-0.2, 0) is 10.2 Å². The first kappa shape index (κ1) is 17.5. The fourth-order valence-electron chi connectivity index (χ4n) is 6.57. The van der Waals surface area contributed by atoms with Gasteiger partial charge in [0.2, 0.25) is 5.91 Å². The number of hydrogen-bond acceptors (Lipinski definition) is 1. The summed E-state index contributed by atoms with van der Waals surface area (Å²) in [6.45, 7) is 2.15. The zero-order valence-electron chi connectivity index (χ0n) is 15.8. The van der Waals surface area contributed by atoms with Crippen molar-refractivity contribution in [1.82, 2.24) is 0 Å². The lowest BCUT2D eigenvalue weighted by Crippen LogP contribution is -2.57. The van der Waals surface area contributed by atoms with Crippen molar-refractivity contribution < 1.29 is 4.79 Å². The number of hydrogen-bond donors (Lipinski definition) is 1. The molecule has 0 heterocycles. The Bertz CT molecular complexity index is 856. The van der Waals surface area contributed by atoms with Crippen LogP contribution in [0.2, 0.25) is 0 Å². The Hall–Kier alpha value is -1.61. The van der Waals surface area contributed by atoms with Crippen LogP contribution in [0.25, 0.3) is 0 Å². The van der Waals surface area contributed by atoms with Gasteiger partial charge in [-0.05, 0) is 92.5 Å². The van der Waals surface area contributed by atoms with E-state index in [4.69, 9.17) is 0 Å². The van der Waals surface area contributed by atoms with Crippen LogP contribution in [0.15, 0.2) is 53.0 Å². The molecule has 0 radical (unpaired) electrons. The van der Waals surface area contributed by atoms with E-state index in [0.29, 0.717) is 11.8 Å². The minimum atomic E-state index is -0.192. The Morgan fingerprint density at radius 2 is 1.59 bits per heavy atom. The van der Waals surface area contributed by atoms with E-state index in [1.807, 2.05) is 24.3 Å². The van der Waals surface area contributed by atoms with Crippen LogP contribution < -0.4 is 5.32 Å². The van der Waals surface area contributed by atoms with Crippen molar-refractivity contribution >= 4 is 27.5 Å². The summed E-state index contributed by atoms with van der Waals surface area (Å²) in [7, 11) is 0. The highest BCUT2D eigenvalue weighted by Gasteiger charge is 2.60. The minimum absolute atomic E-state index is 0.192. The van der Waals surface area contributed by atoms with Crippen LogP contribution in [0.3, 0.4) is 0 Å². The molecule has 27 heavy (non-hydrogen) atoms. The fourth-order valence-corrected chi connectivity index (χ4v) is 6.83. The molecule has 6 rings (SSSR count). The molecule has 2 nitrogen and oxygen atoms in total. The molecular formula is C24H26BrNO. The van der Waals surface area contributed by atoms with Gasteiger partial charge in [-0.25, -0.2) is 0 Å². The summed E-state index contributed by atoms with van der Waals surface area (Å²) in [5, 5.41) is 3.24. The Labute approximate surface area is 169 Å². The lowest BCUT2D eigenvalue weighted by Gasteiger charge is -2.61. The van der Waals surface area contributed by atoms with E-state index in [1.165, 1.54) is 30.4 Å². The molecule has 4 bridgehead atoms. The second-order valence-corrected chi connectivity index (χ2v) is 10.3. The van der Waals surface area contributed by atoms with Crippen molar-refractivity contribution in [1.29, 1.82) is 0 Å². The van der Waals surface area contributed by atoms with Crippen molar-refractivity contribution in [2.75, 3.05) is 5.32 Å². The summed E-state index contributed by atoms with van der Waals surface area (Å²) in [6, 6.07) is 17.1. The molecule has 1 amide bonds. The van der Waals surface area contributed by atoms with Crippen molar-refractivity contribution in [3.8, 4) is 0 Å². The van der Waals surface area contributed by atoms with Crippen molar-refractivity contribution in [3.05, 3.63) is 64.1 Å². The standard InChI is InChI=1S/C24H26BrNO/c1-16-2-4-19(5-3-16)23-11-17-10-18(12-23)14-24(13-17,15-23)22(27)26-21-8-6-20(25)7-9-21/h2-9,17-18H,10-15H2,1H3,(H,26,27)/t17-,18-,23?,24?/m0/s1. The van der Waals surface area contributed by atoms with Gasteiger partial charge in [-0.2, -0.15) is 0 Å². The zero-order valence-corrected chi connectivity index (χ0v) is 17.4. The van der Waals surface area contributed by atoms with Gasteiger partial charge in [0, 0.05) is 10.2 Å². The third-order valence-electron chi connectivity index (χ3n) is 7.31. The molecule has 0 aliphatic heterocycles. The van der Waals surface area contributed by atoms with Crippen LogP contribution >= 0.6 is 15.9 Å². The Morgan fingerprint density at radius 1 is 0.963 bits per heavy atom. The molecule has 4 aliphatic rings. The van der Waals surface area contributed by atoms with Gasteiger partial charge in [0.1, 0.15) is 0 Å². The van der Waals surface area contributed by atoms with E-state index in [9.17, 15) is 4.79 Å². The molecule has 140 valence electrons. The van der Waals surface area contributed by atoms with Crippen molar-refractivity contribution in [3.63, 3.8) is 0 Å². The van der Waals surface area contributed by atoms with E-state index < -0.39 is 0 Å². The lowest BCUT2D eigenvalue weighted by molar-refractivity contribution is -0.143. The second kappa shape index (κ2) is 6.20. The number of benzene rings is 2. The first-order chi connectivity index (χ1) is 13.0. The molecule has 2 atom stereocenters. The molecule has 1 N–H and O–H groups in total. The summed E-state index contributed by atoms with van der Waals surface area (Å²) in [5.41, 5.74) is 3.69. The molecule has 2 aromatic carbocycles. The molecule has 3 heteroatoms. The number of anilines is 1. The number of halogens is 1. The summed E-state index contributed by atoms with van der Waals surface area (Å²) >= 11 is 3.47. The van der Waals surface area contributed by atoms with E-state index in [1.54, 1.807) is 0 Å². The summed E-state index contributed by atoms with van der Waals surface area (Å²) < 4.78 is 1.04. The van der Waals surface area contributed by atoms with E-state index >= 15 is 0 Å². The molecule has 0 spiro atoms. The highest BCUT2D eigenvalue weighted by atomic mass is 79.9. The Morgan fingerprint density at radius 3 is 2.22 bits per heavy atom. The third kappa shape index (κ3) is 2.95. The second-order valence-electron chi connectivity index (χ2n) is 9.35. The maximum atomic E-state index is 13.5. The average Bonchev–Trinajstić information content (AvgIpc) is 2.63. The molecule has 0 aromatic heterocycles. The minimum Gasteiger partial charge on any atom is -0.326 e. The van der Waals surface area contributed by atoms with E-state index in [-0.39, 0.29) is 16.7 Å². The molecule has 4 fully saturated rings. The largest absolute Gasteiger partial charge is 0.326 e. The lowest BCUT2D eigenvalue weighted by atomic mass is 9.42. The smallest absolute Gasteiger partial charge is 0.230 e. The maximum absolute atomic E-state index is 13.5. The molecular weight excluding hydrogens is 398 g/mol. The number of rotatable bonds is 3. The Kier molecular flexibility index (Phi) is 4.02. The van der Waals surface area contributed by atoms with Gasteiger partial charge in [0.25, 0.3) is 0 Å². The quantitative estimate of drug-likeness (QED) is 0.622. The van der Waals surface area contributed by atoms with Crippen molar-refractivity contribution in [2.45, 2.75) is 50.9 Å². The number of carbonyl (C=O) groups is 1. The molecule has 0 unspecified atom stereocenters. The van der Waals surface area contributed by atoms with E-state index in [2.05, 4.69) is 52.4 Å². The number of carbonyl (C=O) groups excluding carboxylic acids is 1. The van der Waals surface area contributed by atoms with Gasteiger partial charge in [-0.1, -0.05) is 45.8 Å². The summed E-state index contributed by atoms with van der Waals surface area (Å²) in [6.07, 6.45) is 7.00. The van der Waals surface area contributed by atoms with Crippen LogP contribution in [0.5, 0.6) is 0 Å². The summed E-state index contributed by atoms with van der Waals surface area (Å²) in [5.74, 6) is 1.64. The van der Waals surface area contributed by atoms with Crippen LogP contribution in [0.1, 0.15) is 49.7 Å². The van der Waals surface area contributed by atoms with Gasteiger partial charge in [-0.15, -0.1) is 0 Å². The number of nitrogens with one attached hydrogen (secondary N) is 1. The fraction of sp³-hybridized carbons (Fsp3) is 0.458. The van der Waals surface area contributed by atoms with Crippen molar-refractivity contribution in [2.24, 2.45) is 17.3 Å². The summed E-state index contributed by atoms with van der Waals surface area (Å²) in [4.78, 5) is 13.5. The maximum Gasteiger partial charge on any atom is 0.230 e. The first-order valence-corrected chi connectivity index (χ1v) is 10.9. The van der Waals surface area contributed by atoms with Crippen LogP contribution in [0, 0.1) is 24.2 Å². The van der Waals surface area contributed by atoms with Crippen LogP contribution in [0.4, 0.5) is 5.69 Å². The predicted octanol–water partition coefficient (Wildman–Crippen LogP) is 6.23. The number of amides is 1. The third-order valence-corrected chi connectivity index (χ3v) is 7.84. The number of aryl methyl sites for hydroxylation is 1. The molecule has 4 saturated carbocycles. The highest BCUT2D eigenvalue weighted by Crippen LogP contribution is 2.66. The molecule has 2 aromatic rings. The van der Waals surface area contributed by atoms with Gasteiger partial charge in [0.05, 0.1) is 5.41 Å². The van der Waals surface area contributed by atoms with Crippen LogP contribution in [-0.4, -0.2) is 5.91 Å². The topological polar surface area (TPSA) is 29.1 Å². The molecule has 0 saturated heterocycles. The zero-order chi connectivity index (χ0) is 18.6. The average molecular weight is 424 g/mol. The highest BCUT2D eigenvalue weighted by molar-refractivity contribution is 9.10. The predicted molar refractivity (Wildman–Crippen MR) is 113 cm³/mol. The normalized spacial score (nSPS) is 33.9. The molecule has 4 aliphatic carbocycles. The van der Waals surface area contributed by atoms with E-state index in [0.717, 1.165) is 29.4 Å². The van der Waals surface area contributed by atoms with Gasteiger partial charge < -0.3 is 5.32 Å². The monoisotopic (exact) mass is 423 g/mol. The van der Waals surface area contributed by atoms with Gasteiger partial charge in [0.15, 0.2) is 0 Å². The van der Waals surface area contributed by atoms with Gasteiger partial charge >= 0.3 is 0 Å².